The monoisotopic (exact) mass is 367 g/mol. The van der Waals surface area contributed by atoms with Crippen LogP contribution in [0.25, 0.3) is 0 Å². The maximum atomic E-state index is 12.4. The van der Waals surface area contributed by atoms with Crippen LogP contribution in [0.3, 0.4) is 0 Å². The Morgan fingerprint density at radius 3 is 2.29 bits per heavy atom. The fraction of sp³-hybridized carbons (Fsp3) is 0.0667. The molecule has 0 aliphatic heterocycles. The zero-order valence-electron chi connectivity index (χ0n) is 12.3. The van der Waals surface area contributed by atoms with Crippen LogP contribution >= 0.6 is 11.6 Å². The second-order valence-corrected chi connectivity index (χ2v) is 6.87. The molecule has 0 unspecified atom stereocenters. The van der Waals surface area contributed by atoms with Crippen molar-refractivity contribution >= 4 is 39.1 Å². The summed E-state index contributed by atoms with van der Waals surface area (Å²) >= 11 is 5.74. The lowest BCUT2D eigenvalue weighted by atomic mass is 10.1. The van der Waals surface area contributed by atoms with Crippen LogP contribution in [0.4, 0.5) is 5.69 Å². The van der Waals surface area contributed by atoms with E-state index in [1.165, 1.54) is 36.4 Å². The predicted octanol–water partition coefficient (Wildman–Crippen LogP) is 1.36. The second-order valence-electron chi connectivity index (χ2n) is 4.75. The number of benzene rings is 2. The van der Waals surface area contributed by atoms with Gasteiger partial charge in [0.2, 0.25) is 5.91 Å². The zero-order chi connectivity index (χ0) is 17.7. The lowest BCUT2D eigenvalue weighted by Gasteiger charge is -2.12. The Labute approximate surface area is 143 Å². The number of nitrogens with two attached hydrogens (primary N) is 1. The number of hydrogen-bond donors (Lipinski definition) is 3. The van der Waals surface area contributed by atoms with Crippen LogP contribution < -0.4 is 15.8 Å². The fourth-order valence-electron chi connectivity index (χ4n) is 1.85. The average Bonchev–Trinajstić information content (AvgIpc) is 2.53. The van der Waals surface area contributed by atoms with E-state index in [9.17, 15) is 18.0 Å². The summed E-state index contributed by atoms with van der Waals surface area (Å²) in [6.45, 7) is -0.350. The summed E-state index contributed by atoms with van der Waals surface area (Å²) in [6, 6.07) is 11.6. The van der Waals surface area contributed by atoms with Gasteiger partial charge < -0.3 is 11.1 Å². The third-order valence-corrected chi connectivity index (χ3v) is 4.60. The number of amides is 2. The van der Waals surface area contributed by atoms with Gasteiger partial charge in [0.15, 0.2) is 0 Å². The molecule has 0 aliphatic carbocycles. The van der Waals surface area contributed by atoms with Gasteiger partial charge in [-0.3, -0.25) is 14.3 Å². The summed E-state index contributed by atoms with van der Waals surface area (Å²) in [4.78, 5) is 22.8. The van der Waals surface area contributed by atoms with E-state index >= 15 is 0 Å². The molecule has 2 aromatic carbocycles. The van der Waals surface area contributed by atoms with Gasteiger partial charge >= 0.3 is 0 Å². The standard InChI is InChI=1S/C15H14ClN3O4S/c16-10-5-7-11(8-6-10)24(22,23)19-13-4-2-1-3-12(13)15(21)18-9-14(17)20/h1-8,19H,9H2,(H2,17,20)(H,18,21). The minimum absolute atomic E-state index is 0.000697. The number of para-hydroxylation sites is 1. The number of rotatable bonds is 6. The van der Waals surface area contributed by atoms with Crippen molar-refractivity contribution in [3.63, 3.8) is 0 Å². The number of nitrogens with one attached hydrogen (secondary N) is 2. The van der Waals surface area contributed by atoms with Crippen LogP contribution in [0.1, 0.15) is 10.4 Å². The van der Waals surface area contributed by atoms with Crippen LogP contribution in [0.2, 0.25) is 5.02 Å². The predicted molar refractivity (Wildman–Crippen MR) is 90.2 cm³/mol. The van der Waals surface area contributed by atoms with Crippen molar-refractivity contribution in [2.24, 2.45) is 5.73 Å². The first-order valence-electron chi connectivity index (χ1n) is 6.73. The highest BCUT2D eigenvalue weighted by atomic mass is 35.5. The molecule has 0 saturated carbocycles. The molecule has 0 atom stereocenters. The number of anilines is 1. The third-order valence-electron chi connectivity index (χ3n) is 2.96. The number of carbonyl (C=O) groups excluding carboxylic acids is 2. The Morgan fingerprint density at radius 1 is 1.04 bits per heavy atom. The Kier molecular flexibility index (Phi) is 5.42. The van der Waals surface area contributed by atoms with Crippen molar-refractivity contribution < 1.29 is 18.0 Å². The summed E-state index contributed by atoms with van der Waals surface area (Å²) in [5, 5.41) is 2.71. The molecule has 0 bridgehead atoms. The van der Waals surface area contributed by atoms with Gasteiger partial charge in [0, 0.05) is 5.02 Å². The van der Waals surface area contributed by atoms with Crippen molar-refractivity contribution in [2.75, 3.05) is 11.3 Å². The van der Waals surface area contributed by atoms with Crippen LogP contribution in [-0.2, 0) is 14.8 Å². The lowest BCUT2D eigenvalue weighted by molar-refractivity contribution is -0.117. The van der Waals surface area contributed by atoms with Gasteiger partial charge in [-0.2, -0.15) is 0 Å². The maximum Gasteiger partial charge on any atom is 0.261 e. The molecular formula is C15H14ClN3O4S. The topological polar surface area (TPSA) is 118 Å². The van der Waals surface area contributed by atoms with Crippen molar-refractivity contribution in [1.29, 1.82) is 0 Å². The maximum absolute atomic E-state index is 12.4. The summed E-state index contributed by atoms with van der Waals surface area (Å²) in [7, 11) is -3.90. The van der Waals surface area contributed by atoms with E-state index in [1.807, 2.05) is 0 Å². The second kappa shape index (κ2) is 7.33. The Balaban J connectivity index is 2.28. The first kappa shape index (κ1) is 17.8. The number of hydrogen-bond acceptors (Lipinski definition) is 4. The molecule has 0 aromatic heterocycles. The van der Waals surface area contributed by atoms with Crippen LogP contribution in [0, 0.1) is 0 Å². The van der Waals surface area contributed by atoms with Gasteiger partial charge in [0.1, 0.15) is 0 Å². The van der Waals surface area contributed by atoms with Crippen LogP contribution in [0.15, 0.2) is 53.4 Å². The van der Waals surface area contributed by atoms with E-state index in [0.717, 1.165) is 0 Å². The molecule has 0 heterocycles. The molecule has 0 fully saturated rings. The third kappa shape index (κ3) is 4.46. The molecule has 0 spiro atoms. The highest BCUT2D eigenvalue weighted by Crippen LogP contribution is 2.21. The SMILES string of the molecule is NC(=O)CNC(=O)c1ccccc1NS(=O)(=O)c1ccc(Cl)cc1. The number of sulfonamides is 1. The number of carbonyl (C=O) groups is 2. The smallest absolute Gasteiger partial charge is 0.261 e. The van der Waals surface area contributed by atoms with Gasteiger partial charge in [0.25, 0.3) is 15.9 Å². The molecule has 0 saturated heterocycles. The summed E-state index contributed by atoms with van der Waals surface area (Å²) < 4.78 is 27.1. The minimum atomic E-state index is -3.90. The lowest BCUT2D eigenvalue weighted by Crippen LogP contribution is -2.33. The van der Waals surface area contributed by atoms with Crippen molar-refractivity contribution in [1.82, 2.24) is 5.32 Å². The van der Waals surface area contributed by atoms with Crippen LogP contribution in [-0.4, -0.2) is 26.8 Å². The molecule has 126 valence electrons. The number of primary amides is 1. The Morgan fingerprint density at radius 2 is 1.67 bits per heavy atom. The fourth-order valence-corrected chi connectivity index (χ4v) is 3.06. The zero-order valence-corrected chi connectivity index (χ0v) is 13.9. The van der Waals surface area contributed by atoms with E-state index in [-0.39, 0.29) is 22.7 Å². The van der Waals surface area contributed by atoms with E-state index in [4.69, 9.17) is 17.3 Å². The Hall–Kier alpha value is -2.58. The normalized spacial score (nSPS) is 10.9. The van der Waals surface area contributed by atoms with E-state index < -0.39 is 21.8 Å². The molecule has 2 aromatic rings. The molecule has 7 nitrogen and oxygen atoms in total. The summed E-state index contributed by atoms with van der Waals surface area (Å²) in [5.74, 6) is -1.33. The van der Waals surface area contributed by atoms with Crippen molar-refractivity contribution in [3.8, 4) is 0 Å². The molecule has 9 heteroatoms. The number of halogens is 1. The molecular weight excluding hydrogens is 354 g/mol. The van der Waals surface area contributed by atoms with Crippen molar-refractivity contribution in [2.45, 2.75) is 4.90 Å². The van der Waals surface area contributed by atoms with Gasteiger partial charge in [0.05, 0.1) is 22.7 Å². The molecule has 2 rings (SSSR count). The molecule has 0 aliphatic rings. The van der Waals surface area contributed by atoms with Gasteiger partial charge in [-0.25, -0.2) is 8.42 Å². The highest BCUT2D eigenvalue weighted by Gasteiger charge is 2.18. The quantitative estimate of drug-likeness (QED) is 0.714. The molecule has 2 amide bonds. The van der Waals surface area contributed by atoms with Crippen LogP contribution in [0.5, 0.6) is 0 Å². The van der Waals surface area contributed by atoms with E-state index in [1.54, 1.807) is 12.1 Å². The average molecular weight is 368 g/mol. The van der Waals surface area contributed by atoms with E-state index in [2.05, 4.69) is 10.0 Å². The van der Waals surface area contributed by atoms with Gasteiger partial charge in [-0.15, -0.1) is 0 Å². The summed E-state index contributed by atoms with van der Waals surface area (Å²) in [6.07, 6.45) is 0. The van der Waals surface area contributed by atoms with Gasteiger partial charge in [-0.1, -0.05) is 23.7 Å². The highest BCUT2D eigenvalue weighted by molar-refractivity contribution is 7.92. The van der Waals surface area contributed by atoms with E-state index in [0.29, 0.717) is 5.02 Å². The molecule has 4 N–H and O–H groups in total. The largest absolute Gasteiger partial charge is 0.368 e. The van der Waals surface area contributed by atoms with Gasteiger partial charge in [-0.05, 0) is 36.4 Å². The molecule has 24 heavy (non-hydrogen) atoms. The summed E-state index contributed by atoms with van der Waals surface area (Å²) in [5.41, 5.74) is 5.12. The molecule has 0 radical (unpaired) electrons. The minimum Gasteiger partial charge on any atom is -0.368 e. The Bertz CT molecular complexity index is 867. The van der Waals surface area contributed by atoms with Crippen molar-refractivity contribution in [3.05, 3.63) is 59.1 Å². The first-order chi connectivity index (χ1) is 11.3. The first-order valence-corrected chi connectivity index (χ1v) is 8.59.